The predicted octanol–water partition coefficient (Wildman–Crippen LogP) is 5.06. The van der Waals surface area contributed by atoms with Crippen LogP contribution in [0, 0.1) is 5.41 Å². The van der Waals surface area contributed by atoms with Gasteiger partial charge in [-0.1, -0.05) is 60.7 Å². The SMILES string of the molecule is COC(=O)COc1ccc(NC(=O)COc2ccc(C(=N)NC(=O)OCc3ccccc3)cc2)cc1CN(Cc1ccccc1)C(C)=O. The third kappa shape index (κ3) is 11.0. The van der Waals surface area contributed by atoms with E-state index in [2.05, 4.69) is 15.4 Å². The fraction of sp³-hybridized carbons (Fsp3) is 0.194. The number of methoxy groups -OCH3 is 1. The van der Waals surface area contributed by atoms with Crippen LogP contribution in [0.25, 0.3) is 0 Å². The molecule has 0 atom stereocenters. The molecule has 0 saturated heterocycles. The summed E-state index contributed by atoms with van der Waals surface area (Å²) in [4.78, 5) is 50.7. The summed E-state index contributed by atoms with van der Waals surface area (Å²) in [6.07, 6.45) is -0.753. The highest BCUT2D eigenvalue weighted by molar-refractivity contribution is 6.04. The molecule has 0 aliphatic carbocycles. The van der Waals surface area contributed by atoms with Crippen LogP contribution >= 0.6 is 0 Å². The summed E-state index contributed by atoms with van der Waals surface area (Å²) in [5.74, 6) is -0.598. The summed E-state index contributed by atoms with van der Waals surface area (Å²) in [5.41, 5.74) is 3.18. The van der Waals surface area contributed by atoms with Crippen molar-refractivity contribution in [3.05, 3.63) is 125 Å². The first-order valence-corrected chi connectivity index (χ1v) is 14.9. The van der Waals surface area contributed by atoms with Crippen LogP contribution in [0.5, 0.6) is 11.5 Å². The van der Waals surface area contributed by atoms with Gasteiger partial charge >= 0.3 is 12.1 Å². The highest BCUT2D eigenvalue weighted by Crippen LogP contribution is 2.26. The third-order valence-electron chi connectivity index (χ3n) is 6.89. The molecule has 0 saturated carbocycles. The van der Waals surface area contributed by atoms with Gasteiger partial charge in [0, 0.05) is 36.8 Å². The Morgan fingerprint density at radius 1 is 0.771 bits per heavy atom. The number of anilines is 1. The minimum absolute atomic E-state index is 0.0779. The van der Waals surface area contributed by atoms with Crippen LogP contribution < -0.4 is 20.1 Å². The van der Waals surface area contributed by atoms with E-state index in [-0.39, 0.29) is 38.1 Å². The molecule has 0 spiro atoms. The van der Waals surface area contributed by atoms with Gasteiger partial charge in [0.15, 0.2) is 13.2 Å². The molecule has 0 aliphatic rings. The van der Waals surface area contributed by atoms with E-state index in [9.17, 15) is 19.2 Å². The Morgan fingerprint density at radius 2 is 1.44 bits per heavy atom. The summed E-state index contributed by atoms with van der Waals surface area (Å²) in [6.45, 7) is 1.41. The molecule has 48 heavy (non-hydrogen) atoms. The lowest BCUT2D eigenvalue weighted by Gasteiger charge is -2.23. The topological polar surface area (TPSA) is 156 Å². The van der Waals surface area contributed by atoms with E-state index in [1.165, 1.54) is 14.0 Å². The number of carbonyl (C=O) groups excluding carboxylic acids is 4. The number of hydrogen-bond donors (Lipinski definition) is 3. The van der Waals surface area contributed by atoms with Crippen LogP contribution in [0.1, 0.15) is 29.2 Å². The molecule has 0 unspecified atom stereocenters. The molecule has 4 aromatic carbocycles. The number of esters is 1. The Kier molecular flexibility index (Phi) is 12.7. The second-order valence-electron chi connectivity index (χ2n) is 10.5. The fourth-order valence-corrected chi connectivity index (χ4v) is 4.40. The van der Waals surface area contributed by atoms with E-state index in [4.69, 9.17) is 19.6 Å². The molecule has 0 fully saturated rings. The van der Waals surface area contributed by atoms with Crippen molar-refractivity contribution in [3.63, 3.8) is 0 Å². The Hall–Kier alpha value is -6.17. The molecule has 4 aromatic rings. The van der Waals surface area contributed by atoms with Gasteiger partial charge in [0.25, 0.3) is 5.91 Å². The molecule has 0 aromatic heterocycles. The summed E-state index contributed by atoms with van der Waals surface area (Å²) < 4.78 is 21.1. The largest absolute Gasteiger partial charge is 0.484 e. The van der Waals surface area contributed by atoms with Gasteiger partial charge in [0.2, 0.25) is 5.91 Å². The standard InChI is InChI=1S/C36H36N4O8/c1-25(41)40(20-26-9-5-3-6-10-26)21-29-19-30(15-18-32(29)47-24-34(43)45-2)38-33(42)23-46-31-16-13-28(14-17-31)35(37)39-36(44)48-22-27-11-7-4-8-12-27/h3-19H,20-24H2,1-2H3,(H,38,42)(H2,37,39,44). The summed E-state index contributed by atoms with van der Waals surface area (Å²) in [6, 6.07) is 29.9. The number of ether oxygens (including phenoxy) is 4. The zero-order chi connectivity index (χ0) is 34.3. The number of amidine groups is 1. The molecule has 12 nitrogen and oxygen atoms in total. The van der Waals surface area contributed by atoms with Crippen molar-refractivity contribution in [2.75, 3.05) is 25.6 Å². The zero-order valence-corrected chi connectivity index (χ0v) is 26.6. The number of nitrogens with one attached hydrogen (secondary N) is 3. The molecule has 0 aliphatic heterocycles. The van der Waals surface area contributed by atoms with Gasteiger partial charge in [-0.3, -0.25) is 20.3 Å². The zero-order valence-electron chi connectivity index (χ0n) is 26.6. The number of carbonyl (C=O) groups is 4. The number of hydrogen-bond acceptors (Lipinski definition) is 9. The number of nitrogens with zero attached hydrogens (tertiary/aromatic N) is 1. The Bertz CT molecular complexity index is 1710. The van der Waals surface area contributed by atoms with Crippen molar-refractivity contribution >= 4 is 35.4 Å². The van der Waals surface area contributed by atoms with Crippen molar-refractivity contribution in [2.24, 2.45) is 0 Å². The fourth-order valence-electron chi connectivity index (χ4n) is 4.40. The first kappa shape index (κ1) is 34.7. The van der Waals surface area contributed by atoms with Gasteiger partial charge < -0.3 is 29.2 Å². The maximum Gasteiger partial charge on any atom is 0.413 e. The first-order chi connectivity index (χ1) is 23.2. The second-order valence-corrected chi connectivity index (χ2v) is 10.5. The van der Waals surface area contributed by atoms with Crippen molar-refractivity contribution < 1.29 is 38.1 Å². The van der Waals surface area contributed by atoms with Gasteiger partial charge in [-0.2, -0.15) is 0 Å². The molecule has 0 heterocycles. The average Bonchev–Trinajstić information content (AvgIpc) is 3.10. The summed E-state index contributed by atoms with van der Waals surface area (Å²) in [5, 5.41) is 13.3. The van der Waals surface area contributed by atoms with Gasteiger partial charge in [-0.25, -0.2) is 9.59 Å². The normalized spacial score (nSPS) is 10.3. The highest BCUT2D eigenvalue weighted by atomic mass is 16.6. The lowest BCUT2D eigenvalue weighted by atomic mass is 10.1. The maximum absolute atomic E-state index is 12.8. The second kappa shape index (κ2) is 17.5. The quantitative estimate of drug-likeness (QED) is 0.0970. The molecular formula is C36H36N4O8. The van der Waals surface area contributed by atoms with Crippen molar-refractivity contribution in [1.29, 1.82) is 5.41 Å². The van der Waals surface area contributed by atoms with E-state index in [1.54, 1.807) is 47.4 Å². The third-order valence-corrected chi connectivity index (χ3v) is 6.89. The van der Waals surface area contributed by atoms with Gasteiger partial charge in [-0.05, 0) is 53.6 Å². The Balaban J connectivity index is 1.33. The van der Waals surface area contributed by atoms with E-state index in [0.29, 0.717) is 34.9 Å². The molecule has 248 valence electrons. The van der Waals surface area contributed by atoms with Crippen LogP contribution in [-0.2, 0) is 43.6 Å². The van der Waals surface area contributed by atoms with E-state index in [0.717, 1.165) is 11.1 Å². The minimum atomic E-state index is -0.753. The van der Waals surface area contributed by atoms with Crippen LogP contribution in [0.4, 0.5) is 10.5 Å². The number of rotatable bonds is 14. The summed E-state index contributed by atoms with van der Waals surface area (Å²) >= 11 is 0. The minimum Gasteiger partial charge on any atom is -0.484 e. The Morgan fingerprint density at radius 3 is 2.08 bits per heavy atom. The Labute approximate surface area is 278 Å². The van der Waals surface area contributed by atoms with Crippen molar-refractivity contribution in [1.82, 2.24) is 10.2 Å². The molecule has 12 heteroatoms. The van der Waals surface area contributed by atoms with Crippen molar-refractivity contribution in [3.8, 4) is 11.5 Å². The van der Waals surface area contributed by atoms with E-state index in [1.807, 2.05) is 60.7 Å². The average molecular weight is 653 g/mol. The number of amides is 3. The van der Waals surface area contributed by atoms with Gasteiger partial charge in [0.1, 0.15) is 23.9 Å². The lowest BCUT2D eigenvalue weighted by Crippen LogP contribution is -2.30. The smallest absolute Gasteiger partial charge is 0.413 e. The highest BCUT2D eigenvalue weighted by Gasteiger charge is 2.17. The first-order valence-electron chi connectivity index (χ1n) is 14.9. The maximum atomic E-state index is 12.8. The van der Waals surface area contributed by atoms with Crippen molar-refractivity contribution in [2.45, 2.75) is 26.6 Å². The van der Waals surface area contributed by atoms with E-state index >= 15 is 0 Å². The van der Waals surface area contributed by atoms with Crippen LogP contribution in [0.2, 0.25) is 0 Å². The monoisotopic (exact) mass is 652 g/mol. The summed E-state index contributed by atoms with van der Waals surface area (Å²) in [7, 11) is 1.26. The van der Waals surface area contributed by atoms with Crippen LogP contribution in [-0.4, -0.2) is 54.9 Å². The lowest BCUT2D eigenvalue weighted by molar-refractivity contribution is -0.143. The number of benzene rings is 4. The molecule has 0 bridgehead atoms. The predicted molar refractivity (Wildman–Crippen MR) is 177 cm³/mol. The van der Waals surface area contributed by atoms with E-state index < -0.39 is 18.0 Å². The van der Waals surface area contributed by atoms with Gasteiger partial charge in [-0.15, -0.1) is 0 Å². The van der Waals surface area contributed by atoms with Crippen LogP contribution in [0.15, 0.2) is 103 Å². The molecule has 0 radical (unpaired) electrons. The molecule has 4 rings (SSSR count). The molecular weight excluding hydrogens is 616 g/mol. The number of alkyl carbamates (subject to hydrolysis) is 1. The molecule has 3 N–H and O–H groups in total. The van der Waals surface area contributed by atoms with Crippen LogP contribution in [0.3, 0.4) is 0 Å². The van der Waals surface area contributed by atoms with Gasteiger partial charge in [0.05, 0.1) is 7.11 Å². The molecule has 3 amide bonds.